The van der Waals surface area contributed by atoms with Crippen molar-refractivity contribution < 1.29 is 24.5 Å². The van der Waals surface area contributed by atoms with Crippen molar-refractivity contribution in [3.05, 3.63) is 29.5 Å². The zero-order valence-corrected chi connectivity index (χ0v) is 20.8. The third-order valence-corrected chi connectivity index (χ3v) is 7.25. The molecular weight excluding hydrogens is 446 g/mol. The lowest BCUT2D eigenvalue weighted by molar-refractivity contribution is -0.124. The number of aliphatic hydroxyl groups excluding tert-OH is 2. The van der Waals surface area contributed by atoms with Gasteiger partial charge in [-0.25, -0.2) is 4.99 Å². The molecule has 1 saturated heterocycles. The van der Waals surface area contributed by atoms with Crippen LogP contribution < -0.4 is 9.64 Å². The van der Waals surface area contributed by atoms with E-state index in [2.05, 4.69) is 0 Å². The first-order chi connectivity index (χ1) is 17.1. The number of carbonyl (C=O) groups excluding carboxylic acids is 1. The molecule has 1 amide bonds. The molecule has 0 spiro atoms. The molecule has 35 heavy (non-hydrogen) atoms. The second-order valence-corrected chi connectivity index (χ2v) is 9.64. The number of rotatable bonds is 9. The lowest BCUT2D eigenvalue weighted by Crippen LogP contribution is -2.41. The fourth-order valence-electron chi connectivity index (χ4n) is 5.37. The number of ether oxygens (including phenoxy) is 2. The van der Waals surface area contributed by atoms with Crippen LogP contribution >= 0.6 is 0 Å². The minimum atomic E-state index is -0.125. The Morgan fingerprint density at radius 3 is 2.34 bits per heavy atom. The Balaban J connectivity index is 1.62. The fourth-order valence-corrected chi connectivity index (χ4v) is 5.37. The highest BCUT2D eigenvalue weighted by molar-refractivity contribution is 6.11. The summed E-state index contributed by atoms with van der Waals surface area (Å²) in [6.07, 6.45) is 12.9. The van der Waals surface area contributed by atoms with Crippen molar-refractivity contribution in [3.8, 4) is 5.75 Å². The second-order valence-electron chi connectivity index (χ2n) is 9.64. The second kappa shape index (κ2) is 12.4. The van der Waals surface area contributed by atoms with Gasteiger partial charge in [-0.05, 0) is 43.9 Å². The molecule has 1 aromatic rings. The predicted octanol–water partition coefficient (Wildman–Crippen LogP) is 3.71. The van der Waals surface area contributed by atoms with E-state index in [9.17, 15) is 15.0 Å². The molecule has 192 valence electrons. The Labute approximate surface area is 208 Å². The van der Waals surface area contributed by atoms with E-state index < -0.39 is 0 Å². The molecule has 1 aliphatic heterocycles. The van der Waals surface area contributed by atoms with Crippen LogP contribution in [-0.4, -0.2) is 72.5 Å². The van der Waals surface area contributed by atoms with Crippen molar-refractivity contribution in [2.24, 2.45) is 4.99 Å². The average Bonchev–Trinajstić information content (AvgIpc) is 3.19. The normalized spacial score (nSPS) is 22.1. The molecule has 0 bridgehead atoms. The van der Waals surface area contributed by atoms with E-state index in [1.54, 1.807) is 13.2 Å². The van der Waals surface area contributed by atoms with Gasteiger partial charge >= 0.3 is 6.02 Å². The van der Waals surface area contributed by atoms with E-state index in [1.807, 2.05) is 28.0 Å². The van der Waals surface area contributed by atoms with Gasteiger partial charge in [0, 0.05) is 36.4 Å². The molecular formula is C27H39N3O5. The van der Waals surface area contributed by atoms with Crippen LogP contribution in [0.15, 0.2) is 29.0 Å². The Morgan fingerprint density at radius 2 is 1.71 bits per heavy atom. The van der Waals surface area contributed by atoms with Crippen LogP contribution in [0.25, 0.3) is 6.08 Å². The zero-order valence-electron chi connectivity index (χ0n) is 20.8. The summed E-state index contributed by atoms with van der Waals surface area (Å²) in [5, 5.41) is 18.7. The molecule has 8 heteroatoms. The number of carbonyl (C=O) groups is 1. The minimum Gasteiger partial charge on any atom is -0.496 e. The molecule has 3 aliphatic rings. The first-order valence-electron chi connectivity index (χ1n) is 13.1. The lowest BCUT2D eigenvalue weighted by atomic mass is 9.94. The molecule has 2 saturated carbocycles. The van der Waals surface area contributed by atoms with Crippen LogP contribution in [0, 0.1) is 0 Å². The van der Waals surface area contributed by atoms with E-state index in [-0.39, 0.29) is 37.0 Å². The first-order valence-corrected chi connectivity index (χ1v) is 13.1. The van der Waals surface area contributed by atoms with E-state index in [0.29, 0.717) is 24.9 Å². The topological polar surface area (TPSA) is 94.8 Å². The van der Waals surface area contributed by atoms with Crippen molar-refractivity contribution in [2.75, 3.05) is 38.3 Å². The van der Waals surface area contributed by atoms with Gasteiger partial charge in [-0.3, -0.25) is 9.69 Å². The molecule has 8 nitrogen and oxygen atoms in total. The van der Waals surface area contributed by atoms with Crippen molar-refractivity contribution in [1.29, 1.82) is 0 Å². The molecule has 0 unspecified atom stereocenters. The number of anilines is 1. The van der Waals surface area contributed by atoms with E-state index in [4.69, 9.17) is 14.5 Å². The molecule has 4 rings (SSSR count). The molecule has 2 N–H and O–H groups in total. The van der Waals surface area contributed by atoms with E-state index in [1.165, 1.54) is 25.7 Å². The molecule has 2 aliphatic carbocycles. The van der Waals surface area contributed by atoms with Crippen molar-refractivity contribution >= 4 is 23.7 Å². The molecule has 3 fully saturated rings. The number of benzene rings is 1. The Bertz CT molecular complexity index is 913. The molecule has 1 heterocycles. The largest absolute Gasteiger partial charge is 0.496 e. The van der Waals surface area contributed by atoms with Gasteiger partial charge in [0.05, 0.1) is 26.4 Å². The first kappa shape index (κ1) is 25.5. The molecule has 0 atom stereocenters. The smallest absolute Gasteiger partial charge is 0.300 e. The molecule has 0 aromatic heterocycles. The number of amides is 1. The van der Waals surface area contributed by atoms with Crippen molar-refractivity contribution in [3.63, 3.8) is 0 Å². The number of amidine groups is 1. The van der Waals surface area contributed by atoms with Crippen molar-refractivity contribution in [1.82, 2.24) is 4.90 Å². The number of nitrogens with zero attached hydrogens (tertiary/aromatic N) is 3. The number of hydrogen-bond acceptors (Lipinski definition) is 7. The summed E-state index contributed by atoms with van der Waals surface area (Å²) in [5.74, 6) is 0.743. The van der Waals surface area contributed by atoms with E-state index in [0.717, 1.165) is 49.8 Å². The average molecular weight is 486 g/mol. The number of aliphatic imine (C=N–C) groups is 1. The van der Waals surface area contributed by atoms with E-state index >= 15 is 0 Å². The third kappa shape index (κ3) is 6.16. The van der Waals surface area contributed by atoms with Gasteiger partial charge in [-0.15, -0.1) is 0 Å². The maximum absolute atomic E-state index is 13.6. The lowest BCUT2D eigenvalue weighted by Gasteiger charge is -2.29. The molecule has 1 aromatic carbocycles. The highest BCUT2D eigenvalue weighted by Gasteiger charge is 2.40. The Hall–Kier alpha value is -2.58. The third-order valence-electron chi connectivity index (χ3n) is 7.25. The number of hydrogen-bond donors (Lipinski definition) is 2. The Morgan fingerprint density at radius 1 is 1.06 bits per heavy atom. The summed E-state index contributed by atoms with van der Waals surface area (Å²) in [6, 6.07) is 6.45. The van der Waals surface area contributed by atoms with Gasteiger partial charge in [0.2, 0.25) is 0 Å². The number of methoxy groups -OCH3 is 1. The summed E-state index contributed by atoms with van der Waals surface area (Å²) in [6.45, 7) is 0.777. The summed E-state index contributed by atoms with van der Waals surface area (Å²) in [5.41, 5.74) is 1.56. The monoisotopic (exact) mass is 485 g/mol. The predicted molar refractivity (Wildman–Crippen MR) is 136 cm³/mol. The van der Waals surface area contributed by atoms with Gasteiger partial charge in [-0.1, -0.05) is 38.5 Å². The van der Waals surface area contributed by atoms with Gasteiger partial charge < -0.3 is 24.6 Å². The van der Waals surface area contributed by atoms with Gasteiger partial charge in [-0.2, -0.15) is 0 Å². The fraction of sp³-hybridized carbons (Fsp3) is 0.630. The van der Waals surface area contributed by atoms with Gasteiger partial charge in [0.25, 0.3) is 5.91 Å². The highest BCUT2D eigenvalue weighted by Crippen LogP contribution is 2.33. The minimum absolute atomic E-state index is 0.0173. The maximum Gasteiger partial charge on any atom is 0.300 e. The highest BCUT2D eigenvalue weighted by atomic mass is 16.5. The Kier molecular flexibility index (Phi) is 9.04. The SMILES string of the molecule is COc1cc(N(CCO)CCO)ccc1C=C1OC(=NC2CCCCC2)N(C2CCCCC2)C1=O. The quantitative estimate of drug-likeness (QED) is 0.518. The number of aliphatic hydroxyl groups is 2. The van der Waals surface area contributed by atoms with Crippen LogP contribution in [0.2, 0.25) is 0 Å². The van der Waals surface area contributed by atoms with Crippen molar-refractivity contribution in [2.45, 2.75) is 76.3 Å². The van der Waals surface area contributed by atoms with Crippen LogP contribution in [0.5, 0.6) is 5.75 Å². The standard InChI is InChI=1S/C27H39N3O5/c1-34-24-19-23(29(14-16-31)15-17-32)13-12-20(24)18-25-26(33)30(22-10-6-3-7-11-22)27(35-25)28-21-8-4-2-5-9-21/h12-13,18-19,21-22,31-32H,2-11,14-17H2,1H3. The summed E-state index contributed by atoms with van der Waals surface area (Å²) < 4.78 is 11.8. The van der Waals surface area contributed by atoms with Crippen LogP contribution in [0.4, 0.5) is 5.69 Å². The summed E-state index contributed by atoms with van der Waals surface area (Å²) in [7, 11) is 1.59. The zero-order chi connectivity index (χ0) is 24.6. The van der Waals surface area contributed by atoms with Crippen LogP contribution in [0.1, 0.15) is 69.8 Å². The van der Waals surface area contributed by atoms with Gasteiger partial charge in [0.1, 0.15) is 5.75 Å². The maximum atomic E-state index is 13.6. The van der Waals surface area contributed by atoms with Crippen LogP contribution in [-0.2, 0) is 9.53 Å². The molecule has 0 radical (unpaired) electrons. The summed E-state index contributed by atoms with van der Waals surface area (Å²) >= 11 is 0. The van der Waals surface area contributed by atoms with Gasteiger partial charge in [0.15, 0.2) is 5.76 Å². The summed E-state index contributed by atoms with van der Waals surface area (Å²) in [4.78, 5) is 22.2. The van der Waals surface area contributed by atoms with Crippen LogP contribution in [0.3, 0.4) is 0 Å².